The van der Waals surface area contributed by atoms with Gasteiger partial charge in [0.1, 0.15) is 11.1 Å². The standard InChI is InChI=1S/C14H17NO3/c1-13(15-17)9-6-10-14(13,2)18-12(16)11-7-4-3-5-8-11/h3-5,7-8H,6,9-10H2,1-2H3/t13-,14-/m1/s1. The Hall–Kier alpha value is -1.71. The number of hydrogen-bond donors (Lipinski definition) is 0. The number of benzene rings is 1. The molecule has 1 aromatic rings. The maximum Gasteiger partial charge on any atom is 0.338 e. The lowest BCUT2D eigenvalue weighted by Crippen LogP contribution is -2.47. The molecule has 1 aliphatic carbocycles. The fourth-order valence-electron chi connectivity index (χ4n) is 2.44. The number of ether oxygens (including phenoxy) is 1. The lowest BCUT2D eigenvalue weighted by molar-refractivity contribution is -0.0333. The van der Waals surface area contributed by atoms with Gasteiger partial charge in [-0.05, 0) is 45.2 Å². The van der Waals surface area contributed by atoms with Crippen LogP contribution in [0.15, 0.2) is 35.5 Å². The average Bonchev–Trinajstić information content (AvgIpc) is 2.67. The van der Waals surface area contributed by atoms with Crippen LogP contribution in [0.1, 0.15) is 43.5 Å². The van der Waals surface area contributed by atoms with Gasteiger partial charge in [0.05, 0.1) is 5.56 Å². The van der Waals surface area contributed by atoms with Crippen LogP contribution >= 0.6 is 0 Å². The Balaban J connectivity index is 2.19. The molecule has 0 unspecified atom stereocenters. The Morgan fingerprint density at radius 2 is 1.89 bits per heavy atom. The van der Waals surface area contributed by atoms with Gasteiger partial charge in [-0.25, -0.2) is 4.79 Å². The molecule has 0 aromatic heterocycles. The van der Waals surface area contributed by atoms with Crippen LogP contribution < -0.4 is 0 Å². The van der Waals surface area contributed by atoms with Gasteiger partial charge >= 0.3 is 5.97 Å². The topological polar surface area (TPSA) is 55.7 Å². The van der Waals surface area contributed by atoms with Crippen molar-refractivity contribution < 1.29 is 9.53 Å². The maximum absolute atomic E-state index is 12.0. The molecule has 2 atom stereocenters. The highest BCUT2D eigenvalue weighted by molar-refractivity contribution is 5.89. The molecule has 1 aromatic carbocycles. The van der Waals surface area contributed by atoms with Crippen molar-refractivity contribution in [1.29, 1.82) is 0 Å². The molecule has 1 aliphatic rings. The predicted molar refractivity (Wildman–Crippen MR) is 68.3 cm³/mol. The molecule has 0 spiro atoms. The number of nitrogens with zero attached hydrogens (tertiary/aromatic N) is 1. The van der Waals surface area contributed by atoms with Crippen molar-refractivity contribution in [3.8, 4) is 0 Å². The quantitative estimate of drug-likeness (QED) is 0.608. The second-order valence-electron chi connectivity index (χ2n) is 5.21. The molecule has 0 N–H and O–H groups in total. The average molecular weight is 247 g/mol. The molecular weight excluding hydrogens is 230 g/mol. The van der Waals surface area contributed by atoms with Gasteiger partial charge in [-0.15, -0.1) is 0 Å². The van der Waals surface area contributed by atoms with Crippen LogP contribution in [-0.4, -0.2) is 17.1 Å². The van der Waals surface area contributed by atoms with Gasteiger partial charge in [-0.3, -0.25) is 0 Å². The minimum atomic E-state index is -0.822. The number of nitroso groups, excluding NO2 is 1. The van der Waals surface area contributed by atoms with Crippen molar-refractivity contribution in [2.75, 3.05) is 0 Å². The molecule has 18 heavy (non-hydrogen) atoms. The van der Waals surface area contributed by atoms with E-state index in [1.165, 1.54) is 0 Å². The summed E-state index contributed by atoms with van der Waals surface area (Å²) in [6.45, 7) is 3.55. The van der Waals surface area contributed by atoms with Crippen molar-refractivity contribution in [1.82, 2.24) is 0 Å². The van der Waals surface area contributed by atoms with Gasteiger partial charge in [0, 0.05) is 0 Å². The number of esters is 1. The highest BCUT2D eigenvalue weighted by Crippen LogP contribution is 2.44. The minimum absolute atomic E-state index is 0.394. The molecule has 0 amide bonds. The van der Waals surface area contributed by atoms with Crippen LogP contribution in [0, 0.1) is 4.91 Å². The summed E-state index contributed by atoms with van der Waals surface area (Å²) in [6, 6.07) is 8.80. The van der Waals surface area contributed by atoms with Crippen LogP contribution in [0.25, 0.3) is 0 Å². The van der Waals surface area contributed by atoms with Crippen molar-refractivity contribution >= 4 is 5.97 Å². The molecule has 0 bridgehead atoms. The summed E-state index contributed by atoms with van der Waals surface area (Å²) in [7, 11) is 0. The first kappa shape index (κ1) is 12.7. The van der Waals surface area contributed by atoms with E-state index in [-0.39, 0.29) is 0 Å². The maximum atomic E-state index is 12.0. The summed E-state index contributed by atoms with van der Waals surface area (Å²) in [5.41, 5.74) is -1.13. The smallest absolute Gasteiger partial charge is 0.338 e. The van der Waals surface area contributed by atoms with E-state index in [0.717, 1.165) is 6.42 Å². The lowest BCUT2D eigenvalue weighted by atomic mass is 9.86. The molecule has 4 heteroatoms. The molecule has 0 aliphatic heterocycles. The summed E-state index contributed by atoms with van der Waals surface area (Å²) in [5, 5.41) is 3.19. The van der Waals surface area contributed by atoms with Crippen LogP contribution in [0.5, 0.6) is 0 Å². The first-order chi connectivity index (χ1) is 8.51. The van der Waals surface area contributed by atoms with E-state index in [1.807, 2.05) is 6.07 Å². The minimum Gasteiger partial charge on any atom is -0.453 e. The molecule has 0 saturated heterocycles. The monoisotopic (exact) mass is 247 g/mol. The summed E-state index contributed by atoms with van der Waals surface area (Å²) in [5.74, 6) is -0.394. The van der Waals surface area contributed by atoms with Gasteiger partial charge in [0.15, 0.2) is 0 Å². The summed E-state index contributed by atoms with van der Waals surface area (Å²) in [6.07, 6.45) is 2.18. The molecule has 0 radical (unpaired) electrons. The zero-order valence-electron chi connectivity index (χ0n) is 10.7. The van der Waals surface area contributed by atoms with E-state index in [0.29, 0.717) is 18.4 Å². The molecule has 0 heterocycles. The highest BCUT2D eigenvalue weighted by Gasteiger charge is 2.53. The summed E-state index contributed by atoms with van der Waals surface area (Å²) >= 11 is 0. The zero-order chi connectivity index (χ0) is 13.2. The molecule has 4 nitrogen and oxygen atoms in total. The zero-order valence-corrected chi connectivity index (χ0v) is 10.7. The van der Waals surface area contributed by atoms with E-state index in [4.69, 9.17) is 4.74 Å². The Labute approximate surface area is 106 Å². The van der Waals surface area contributed by atoms with Crippen LogP contribution in [0.2, 0.25) is 0 Å². The van der Waals surface area contributed by atoms with E-state index in [9.17, 15) is 9.70 Å². The van der Waals surface area contributed by atoms with Gasteiger partial charge in [0.2, 0.25) is 0 Å². The second kappa shape index (κ2) is 4.52. The second-order valence-corrected chi connectivity index (χ2v) is 5.21. The normalized spacial score (nSPS) is 31.0. The molecule has 1 saturated carbocycles. The Morgan fingerprint density at radius 1 is 1.22 bits per heavy atom. The number of hydrogen-bond acceptors (Lipinski definition) is 4. The summed E-state index contributed by atoms with van der Waals surface area (Å²) < 4.78 is 5.56. The molecular formula is C14H17NO3. The van der Waals surface area contributed by atoms with Crippen molar-refractivity contribution in [3.63, 3.8) is 0 Å². The Bertz CT molecular complexity index is 459. The van der Waals surface area contributed by atoms with Crippen molar-refractivity contribution in [2.45, 2.75) is 44.2 Å². The van der Waals surface area contributed by atoms with E-state index in [2.05, 4.69) is 5.18 Å². The van der Waals surface area contributed by atoms with Crippen LogP contribution in [0.4, 0.5) is 0 Å². The molecule has 2 rings (SSSR count). The predicted octanol–water partition coefficient (Wildman–Crippen LogP) is 3.31. The third kappa shape index (κ3) is 2.03. The molecule has 1 fully saturated rings. The summed E-state index contributed by atoms with van der Waals surface area (Å²) in [4.78, 5) is 23.1. The number of carbonyl (C=O) groups is 1. The first-order valence-corrected chi connectivity index (χ1v) is 6.14. The van der Waals surface area contributed by atoms with Gasteiger partial charge in [0.25, 0.3) is 0 Å². The molecule has 96 valence electrons. The van der Waals surface area contributed by atoms with Crippen molar-refractivity contribution in [2.24, 2.45) is 5.18 Å². The van der Waals surface area contributed by atoms with Crippen molar-refractivity contribution in [3.05, 3.63) is 40.8 Å². The van der Waals surface area contributed by atoms with Crippen LogP contribution in [-0.2, 0) is 4.74 Å². The Kier molecular flexibility index (Phi) is 3.20. The van der Waals surface area contributed by atoms with E-state index < -0.39 is 17.1 Å². The largest absolute Gasteiger partial charge is 0.453 e. The van der Waals surface area contributed by atoms with Gasteiger partial charge in [-0.1, -0.05) is 23.4 Å². The van der Waals surface area contributed by atoms with E-state index in [1.54, 1.807) is 38.1 Å². The lowest BCUT2D eigenvalue weighted by Gasteiger charge is -2.34. The fourth-order valence-corrected chi connectivity index (χ4v) is 2.44. The number of rotatable bonds is 3. The van der Waals surface area contributed by atoms with E-state index >= 15 is 0 Å². The van der Waals surface area contributed by atoms with Crippen LogP contribution in [0.3, 0.4) is 0 Å². The van der Waals surface area contributed by atoms with Gasteiger partial charge < -0.3 is 4.74 Å². The highest BCUT2D eigenvalue weighted by atomic mass is 16.6. The fraction of sp³-hybridized carbons (Fsp3) is 0.500. The SMILES string of the molecule is C[C@@]1(N=O)CCC[C@@]1(C)OC(=O)c1ccccc1. The van der Waals surface area contributed by atoms with Gasteiger partial charge in [-0.2, -0.15) is 4.91 Å². The first-order valence-electron chi connectivity index (χ1n) is 6.14. The third-order valence-electron chi connectivity index (χ3n) is 3.99. The Morgan fingerprint density at radius 3 is 2.50 bits per heavy atom. The third-order valence-corrected chi connectivity index (χ3v) is 3.99. The number of carbonyl (C=O) groups excluding carboxylic acids is 1.